The molecule has 1 N–H and O–H groups in total. The Morgan fingerprint density at radius 1 is 1.38 bits per heavy atom. The highest BCUT2D eigenvalue weighted by Gasteiger charge is 2.18. The summed E-state index contributed by atoms with van der Waals surface area (Å²) < 4.78 is 2.17. The average molecular weight is 225 g/mol. The van der Waals surface area contributed by atoms with Crippen molar-refractivity contribution in [2.45, 2.75) is 26.4 Å². The topological polar surface area (TPSA) is 42.7 Å². The van der Waals surface area contributed by atoms with Gasteiger partial charge >= 0.3 is 0 Å². The van der Waals surface area contributed by atoms with Gasteiger partial charge in [0, 0.05) is 13.1 Å². The summed E-state index contributed by atoms with van der Waals surface area (Å²) in [4.78, 5) is 0. The van der Waals surface area contributed by atoms with Gasteiger partial charge in [0.1, 0.15) is 11.6 Å². The second-order valence-electron chi connectivity index (χ2n) is 2.93. The quantitative estimate of drug-likeness (QED) is 0.718. The summed E-state index contributed by atoms with van der Waals surface area (Å²) in [6.07, 6.45) is 0. The van der Waals surface area contributed by atoms with Crippen LogP contribution >= 0.6 is 24.8 Å². The van der Waals surface area contributed by atoms with Gasteiger partial charge < -0.3 is 9.88 Å². The zero-order valence-electron chi connectivity index (χ0n) is 7.65. The molecule has 2 heterocycles. The molecule has 0 bridgehead atoms. The fourth-order valence-corrected chi connectivity index (χ4v) is 1.48. The highest BCUT2D eigenvalue weighted by Crippen LogP contribution is 2.14. The Morgan fingerprint density at radius 2 is 2.08 bits per heavy atom. The Kier molecular flexibility index (Phi) is 4.67. The second kappa shape index (κ2) is 4.79. The zero-order valence-corrected chi connectivity index (χ0v) is 9.28. The van der Waals surface area contributed by atoms with E-state index in [9.17, 15) is 0 Å². The van der Waals surface area contributed by atoms with Crippen LogP contribution in [0.25, 0.3) is 0 Å². The molecule has 0 saturated heterocycles. The lowest BCUT2D eigenvalue weighted by Gasteiger charge is -2.21. The fourth-order valence-electron chi connectivity index (χ4n) is 1.48. The van der Waals surface area contributed by atoms with Crippen molar-refractivity contribution in [1.82, 2.24) is 20.1 Å². The van der Waals surface area contributed by atoms with Crippen LogP contribution in [0, 0.1) is 6.92 Å². The Bertz CT molecular complexity index is 273. The molecule has 0 aromatic carbocycles. The van der Waals surface area contributed by atoms with Crippen LogP contribution in [0.15, 0.2) is 0 Å². The SMILES string of the molecule is Cc1nnc2n1CCNC2C.Cl.Cl. The third-order valence-electron chi connectivity index (χ3n) is 2.14. The van der Waals surface area contributed by atoms with E-state index in [2.05, 4.69) is 27.0 Å². The van der Waals surface area contributed by atoms with E-state index in [1.807, 2.05) is 6.92 Å². The van der Waals surface area contributed by atoms with Crippen LogP contribution < -0.4 is 5.32 Å². The van der Waals surface area contributed by atoms with Crippen LogP contribution in [0.1, 0.15) is 24.6 Å². The number of halogens is 2. The van der Waals surface area contributed by atoms with Gasteiger partial charge in [-0.25, -0.2) is 0 Å². The molecular weight excluding hydrogens is 211 g/mol. The number of nitrogens with zero attached hydrogens (tertiary/aromatic N) is 3. The molecule has 2 rings (SSSR count). The summed E-state index contributed by atoms with van der Waals surface area (Å²) in [6, 6.07) is 0.352. The zero-order chi connectivity index (χ0) is 7.84. The minimum atomic E-state index is 0. The van der Waals surface area contributed by atoms with Gasteiger partial charge in [0.2, 0.25) is 0 Å². The molecule has 0 spiro atoms. The first-order valence-electron chi connectivity index (χ1n) is 3.92. The van der Waals surface area contributed by atoms with Crippen LogP contribution in [0.3, 0.4) is 0 Å². The molecule has 76 valence electrons. The number of rotatable bonds is 0. The number of aryl methyl sites for hydroxylation is 1. The Labute approximate surface area is 89.9 Å². The number of aromatic nitrogens is 3. The third-order valence-corrected chi connectivity index (χ3v) is 2.14. The van der Waals surface area contributed by atoms with Crippen molar-refractivity contribution in [1.29, 1.82) is 0 Å². The molecule has 0 radical (unpaired) electrons. The van der Waals surface area contributed by atoms with Crippen LogP contribution in [-0.2, 0) is 6.54 Å². The van der Waals surface area contributed by atoms with E-state index < -0.39 is 0 Å². The van der Waals surface area contributed by atoms with E-state index >= 15 is 0 Å². The first-order valence-corrected chi connectivity index (χ1v) is 3.92. The standard InChI is InChI=1S/C7H12N4.2ClH/c1-5-7-10-9-6(2)11(7)4-3-8-5;;/h5,8H,3-4H2,1-2H3;2*1H. The predicted octanol–water partition coefficient (Wildman–Crippen LogP) is 1.09. The first kappa shape index (κ1) is 12.7. The van der Waals surface area contributed by atoms with Crippen LogP contribution in [0.5, 0.6) is 0 Å². The second-order valence-corrected chi connectivity index (χ2v) is 2.93. The molecule has 0 aliphatic carbocycles. The lowest BCUT2D eigenvalue weighted by atomic mass is 10.2. The van der Waals surface area contributed by atoms with Gasteiger partial charge in [-0.05, 0) is 13.8 Å². The van der Waals surface area contributed by atoms with Crippen molar-refractivity contribution in [3.8, 4) is 0 Å². The maximum atomic E-state index is 4.09. The summed E-state index contributed by atoms with van der Waals surface area (Å²) in [5, 5.41) is 11.4. The first-order chi connectivity index (χ1) is 5.29. The molecule has 1 aromatic rings. The molecule has 1 aromatic heterocycles. The smallest absolute Gasteiger partial charge is 0.149 e. The average Bonchev–Trinajstić information content (AvgIpc) is 2.35. The van der Waals surface area contributed by atoms with Gasteiger partial charge in [0.25, 0.3) is 0 Å². The minimum absolute atomic E-state index is 0. The van der Waals surface area contributed by atoms with Gasteiger partial charge in [0.15, 0.2) is 0 Å². The van der Waals surface area contributed by atoms with E-state index in [1.54, 1.807) is 0 Å². The molecule has 1 unspecified atom stereocenters. The summed E-state index contributed by atoms with van der Waals surface area (Å²) in [6.45, 7) is 6.12. The van der Waals surface area contributed by atoms with E-state index in [4.69, 9.17) is 0 Å². The Morgan fingerprint density at radius 3 is 2.69 bits per heavy atom. The lowest BCUT2D eigenvalue weighted by Crippen LogP contribution is -2.32. The monoisotopic (exact) mass is 224 g/mol. The minimum Gasteiger partial charge on any atom is -0.313 e. The van der Waals surface area contributed by atoms with Crippen molar-refractivity contribution in [2.75, 3.05) is 6.54 Å². The summed E-state index contributed by atoms with van der Waals surface area (Å²) in [7, 11) is 0. The lowest BCUT2D eigenvalue weighted by molar-refractivity contribution is 0.432. The fraction of sp³-hybridized carbons (Fsp3) is 0.714. The highest BCUT2D eigenvalue weighted by molar-refractivity contribution is 5.85. The molecule has 0 amide bonds. The van der Waals surface area contributed by atoms with Crippen LogP contribution in [-0.4, -0.2) is 21.3 Å². The summed E-state index contributed by atoms with van der Waals surface area (Å²) in [5.74, 6) is 2.09. The van der Waals surface area contributed by atoms with E-state index in [1.165, 1.54) is 0 Å². The maximum Gasteiger partial charge on any atom is 0.149 e. The van der Waals surface area contributed by atoms with Crippen molar-refractivity contribution in [2.24, 2.45) is 0 Å². The molecule has 0 saturated carbocycles. The number of fused-ring (bicyclic) bond motifs is 1. The molecule has 6 heteroatoms. The predicted molar refractivity (Wildman–Crippen MR) is 55.7 cm³/mol. The third kappa shape index (κ3) is 2.13. The largest absolute Gasteiger partial charge is 0.313 e. The highest BCUT2D eigenvalue weighted by atomic mass is 35.5. The van der Waals surface area contributed by atoms with Crippen LogP contribution in [0.4, 0.5) is 0 Å². The molecule has 1 aliphatic rings. The molecular formula is C7H14Cl2N4. The molecule has 1 aliphatic heterocycles. The normalized spacial score (nSPS) is 19.7. The van der Waals surface area contributed by atoms with Crippen molar-refractivity contribution < 1.29 is 0 Å². The number of hydrogen-bond donors (Lipinski definition) is 1. The van der Waals surface area contributed by atoms with Crippen LogP contribution in [0.2, 0.25) is 0 Å². The van der Waals surface area contributed by atoms with E-state index in [-0.39, 0.29) is 24.8 Å². The summed E-state index contributed by atoms with van der Waals surface area (Å²) >= 11 is 0. The van der Waals surface area contributed by atoms with Crippen molar-refractivity contribution in [3.63, 3.8) is 0 Å². The van der Waals surface area contributed by atoms with Crippen molar-refractivity contribution >= 4 is 24.8 Å². The van der Waals surface area contributed by atoms with Crippen molar-refractivity contribution in [3.05, 3.63) is 11.6 Å². The summed E-state index contributed by atoms with van der Waals surface area (Å²) in [5.41, 5.74) is 0. The number of hydrogen-bond acceptors (Lipinski definition) is 3. The van der Waals surface area contributed by atoms with E-state index in [0.717, 1.165) is 24.7 Å². The Balaban J connectivity index is 0.000000720. The Hall–Kier alpha value is -0.320. The van der Waals surface area contributed by atoms with E-state index in [0.29, 0.717) is 6.04 Å². The molecule has 13 heavy (non-hydrogen) atoms. The van der Waals surface area contributed by atoms with Gasteiger partial charge in [-0.2, -0.15) is 0 Å². The van der Waals surface area contributed by atoms with Gasteiger partial charge in [-0.3, -0.25) is 0 Å². The van der Waals surface area contributed by atoms with Gasteiger partial charge in [-0.15, -0.1) is 35.0 Å². The molecule has 4 nitrogen and oxygen atoms in total. The number of nitrogens with one attached hydrogen (secondary N) is 1. The van der Waals surface area contributed by atoms with Gasteiger partial charge in [0.05, 0.1) is 6.04 Å². The molecule has 0 fully saturated rings. The molecule has 1 atom stereocenters. The van der Waals surface area contributed by atoms with Gasteiger partial charge in [-0.1, -0.05) is 0 Å². The maximum absolute atomic E-state index is 4.09.